The molecule has 0 saturated heterocycles. The number of aliphatic carboxylic acids is 1. The number of carboxylic acids is 1. The molecule has 0 radical (unpaired) electrons. The van der Waals surface area contributed by atoms with E-state index in [0.717, 1.165) is 24.8 Å². The van der Waals surface area contributed by atoms with Crippen LogP contribution in [0.1, 0.15) is 72.6 Å². The molecule has 0 aromatic heterocycles. The summed E-state index contributed by atoms with van der Waals surface area (Å²) in [6, 6.07) is 0. The van der Waals surface area contributed by atoms with Gasteiger partial charge in [0.05, 0.1) is 0 Å². The summed E-state index contributed by atoms with van der Waals surface area (Å²) in [6.45, 7) is 11.1. The summed E-state index contributed by atoms with van der Waals surface area (Å²) in [6.07, 6.45) is 13.5. The molecule has 0 spiro atoms. The van der Waals surface area contributed by atoms with E-state index in [1.807, 2.05) is 11.1 Å². The molecule has 2 saturated carbocycles. The Morgan fingerprint density at radius 1 is 1.15 bits per heavy atom. The zero-order valence-corrected chi connectivity index (χ0v) is 17.0. The van der Waals surface area contributed by atoms with E-state index in [9.17, 15) is 4.79 Å². The van der Waals surface area contributed by atoms with Gasteiger partial charge < -0.3 is 10.0 Å². The van der Waals surface area contributed by atoms with Crippen LogP contribution in [0.2, 0.25) is 0 Å². The van der Waals surface area contributed by atoms with Crippen LogP contribution in [0.4, 0.5) is 0 Å². The van der Waals surface area contributed by atoms with Crippen LogP contribution >= 0.6 is 0 Å². The Hall–Kier alpha value is -1.25. The lowest BCUT2D eigenvalue weighted by Crippen LogP contribution is -2.56. The van der Waals surface area contributed by atoms with Gasteiger partial charge >= 0.3 is 5.97 Å². The first-order valence-electron chi connectivity index (χ1n) is 10.5. The Labute approximate surface area is 158 Å². The van der Waals surface area contributed by atoms with Gasteiger partial charge in [-0.25, -0.2) is 0 Å². The summed E-state index contributed by atoms with van der Waals surface area (Å²) in [5.74, 6) is 0.874. The molecule has 0 bridgehead atoms. The topological polar surface area (TPSA) is 40.5 Å². The Kier molecular flexibility index (Phi) is 4.09. The number of rotatable bonds is 2. The largest absolute Gasteiger partial charge is 0.480 e. The molecule has 4 unspecified atom stereocenters. The predicted molar refractivity (Wildman–Crippen MR) is 105 cm³/mol. The molecule has 1 aliphatic heterocycles. The highest BCUT2D eigenvalue weighted by Gasteiger charge is 2.59. The highest BCUT2D eigenvalue weighted by Crippen LogP contribution is 2.68. The van der Waals surface area contributed by atoms with Crippen molar-refractivity contribution in [2.75, 3.05) is 13.1 Å². The summed E-state index contributed by atoms with van der Waals surface area (Å²) in [7, 11) is 0. The standard InChI is InChI=1S/C23H35NO2/c1-21(2)10-5-11-23(4)18(21)8-12-22(3)17-9-13-24(15-20(25)26)14-16(17)6-7-19(22)23/h9,13,18-19H,5-8,10-12,14-15H2,1-4H3,(H,25,26). The van der Waals surface area contributed by atoms with Crippen LogP contribution in [0.3, 0.4) is 0 Å². The number of allylic oxidation sites excluding steroid dienone is 2. The van der Waals surface area contributed by atoms with Gasteiger partial charge in [0.1, 0.15) is 6.54 Å². The Morgan fingerprint density at radius 3 is 2.65 bits per heavy atom. The summed E-state index contributed by atoms with van der Waals surface area (Å²) in [5, 5.41) is 9.12. The maximum Gasteiger partial charge on any atom is 0.323 e. The van der Waals surface area contributed by atoms with Gasteiger partial charge in [0, 0.05) is 12.7 Å². The quantitative estimate of drug-likeness (QED) is 0.735. The van der Waals surface area contributed by atoms with E-state index in [0.29, 0.717) is 10.8 Å². The minimum Gasteiger partial charge on any atom is -0.480 e. The van der Waals surface area contributed by atoms with E-state index in [4.69, 9.17) is 5.11 Å². The number of hydrogen-bond acceptors (Lipinski definition) is 2. The molecule has 3 heteroatoms. The van der Waals surface area contributed by atoms with Crippen LogP contribution < -0.4 is 0 Å². The molecular weight excluding hydrogens is 322 g/mol. The van der Waals surface area contributed by atoms with Crippen molar-refractivity contribution in [3.63, 3.8) is 0 Å². The van der Waals surface area contributed by atoms with E-state index < -0.39 is 5.97 Å². The van der Waals surface area contributed by atoms with Gasteiger partial charge in [-0.2, -0.15) is 0 Å². The van der Waals surface area contributed by atoms with Crippen LogP contribution in [0.15, 0.2) is 23.4 Å². The highest BCUT2D eigenvalue weighted by atomic mass is 16.4. The first-order valence-corrected chi connectivity index (χ1v) is 10.5. The molecule has 3 nitrogen and oxygen atoms in total. The molecule has 1 heterocycles. The van der Waals surface area contributed by atoms with Crippen molar-refractivity contribution in [1.82, 2.24) is 4.90 Å². The van der Waals surface area contributed by atoms with Crippen LogP contribution in [-0.4, -0.2) is 29.1 Å². The van der Waals surface area contributed by atoms with E-state index >= 15 is 0 Å². The molecule has 0 aromatic rings. The fourth-order valence-electron chi connectivity index (χ4n) is 7.71. The van der Waals surface area contributed by atoms with Crippen molar-refractivity contribution < 1.29 is 9.90 Å². The zero-order valence-electron chi connectivity index (χ0n) is 17.0. The second kappa shape index (κ2) is 5.87. The van der Waals surface area contributed by atoms with Crippen molar-refractivity contribution in [3.8, 4) is 0 Å². The lowest BCUT2D eigenvalue weighted by Gasteiger charge is -2.64. The maximum absolute atomic E-state index is 11.1. The van der Waals surface area contributed by atoms with Gasteiger partial charge in [0.25, 0.3) is 0 Å². The number of hydrogen-bond donors (Lipinski definition) is 1. The van der Waals surface area contributed by atoms with E-state index in [1.54, 1.807) is 5.57 Å². The van der Waals surface area contributed by atoms with Crippen LogP contribution in [0.5, 0.6) is 0 Å². The first kappa shape index (κ1) is 18.1. The van der Waals surface area contributed by atoms with Gasteiger partial charge in [-0.3, -0.25) is 4.79 Å². The summed E-state index contributed by atoms with van der Waals surface area (Å²) < 4.78 is 0. The second-order valence-corrected chi connectivity index (χ2v) is 10.6. The summed E-state index contributed by atoms with van der Waals surface area (Å²) >= 11 is 0. The molecule has 4 atom stereocenters. The van der Waals surface area contributed by atoms with Crippen molar-refractivity contribution >= 4 is 5.97 Å². The van der Waals surface area contributed by atoms with Crippen molar-refractivity contribution in [3.05, 3.63) is 23.4 Å². The van der Waals surface area contributed by atoms with E-state index in [-0.39, 0.29) is 12.0 Å². The summed E-state index contributed by atoms with van der Waals surface area (Å²) in [5.41, 5.74) is 4.27. The molecule has 1 N–H and O–H groups in total. The lowest BCUT2D eigenvalue weighted by atomic mass is 9.40. The van der Waals surface area contributed by atoms with Gasteiger partial charge in [-0.15, -0.1) is 0 Å². The molecule has 4 aliphatic rings. The second-order valence-electron chi connectivity index (χ2n) is 10.6. The monoisotopic (exact) mass is 357 g/mol. The molecule has 144 valence electrons. The molecule has 26 heavy (non-hydrogen) atoms. The number of carbonyl (C=O) groups is 1. The molecule has 2 fully saturated rings. The van der Waals surface area contributed by atoms with E-state index in [1.165, 1.54) is 44.1 Å². The number of carboxylic acid groups (broad SMARTS) is 1. The van der Waals surface area contributed by atoms with Gasteiger partial charge in [0.15, 0.2) is 0 Å². The normalized spacial score (nSPS) is 41.3. The molecule has 3 aliphatic carbocycles. The minimum atomic E-state index is -0.740. The first-order chi connectivity index (χ1) is 12.2. The maximum atomic E-state index is 11.1. The third kappa shape index (κ3) is 2.57. The zero-order chi connectivity index (χ0) is 18.7. The molecule has 0 aromatic carbocycles. The third-order valence-corrected chi connectivity index (χ3v) is 8.71. The van der Waals surface area contributed by atoms with Gasteiger partial charge in [-0.05, 0) is 83.8 Å². The van der Waals surface area contributed by atoms with E-state index in [2.05, 4.69) is 33.8 Å². The lowest BCUT2D eigenvalue weighted by molar-refractivity contribution is -0.137. The predicted octanol–water partition coefficient (Wildman–Crippen LogP) is 5.24. The number of nitrogens with zero attached hydrogens (tertiary/aromatic N) is 1. The number of fused-ring (bicyclic) bond motifs is 4. The minimum absolute atomic E-state index is 0.113. The Bertz CT molecular complexity index is 676. The average Bonchev–Trinajstić information content (AvgIpc) is 2.52. The average molecular weight is 358 g/mol. The highest BCUT2D eigenvalue weighted by molar-refractivity contribution is 5.69. The van der Waals surface area contributed by atoms with Crippen LogP contribution in [0.25, 0.3) is 0 Å². The fourth-order valence-corrected chi connectivity index (χ4v) is 7.71. The van der Waals surface area contributed by atoms with Crippen molar-refractivity contribution in [2.24, 2.45) is 28.1 Å². The fraction of sp³-hybridized carbons (Fsp3) is 0.783. The Balaban J connectivity index is 1.66. The Morgan fingerprint density at radius 2 is 1.92 bits per heavy atom. The SMILES string of the molecule is CC1(C)CCCC2(C)C1CCC1(C)C3=C(CCC12)CN(CC(=O)O)C=C3. The van der Waals surface area contributed by atoms with Crippen molar-refractivity contribution in [1.29, 1.82) is 0 Å². The van der Waals surface area contributed by atoms with Gasteiger partial charge in [0.2, 0.25) is 0 Å². The molecule has 4 rings (SSSR count). The summed E-state index contributed by atoms with van der Waals surface area (Å²) in [4.78, 5) is 13.0. The van der Waals surface area contributed by atoms with Crippen LogP contribution in [0, 0.1) is 28.1 Å². The van der Waals surface area contributed by atoms with Gasteiger partial charge in [-0.1, -0.05) is 34.1 Å². The smallest absolute Gasteiger partial charge is 0.323 e. The molecular formula is C23H35NO2. The van der Waals surface area contributed by atoms with Crippen LogP contribution in [-0.2, 0) is 4.79 Å². The third-order valence-electron chi connectivity index (χ3n) is 8.71. The van der Waals surface area contributed by atoms with Crippen molar-refractivity contribution in [2.45, 2.75) is 72.6 Å². The molecule has 0 amide bonds.